The van der Waals surface area contributed by atoms with E-state index < -0.39 is 10.0 Å². The normalized spacial score (nSPS) is 16.2. The Morgan fingerprint density at radius 2 is 1.59 bits per heavy atom. The number of nitrogens with one attached hydrogen (secondary N) is 1. The molecule has 3 rings (SSSR count). The van der Waals surface area contributed by atoms with Gasteiger partial charge in [0, 0.05) is 36.9 Å². The molecular weight excluding hydrogens is 386 g/mol. The summed E-state index contributed by atoms with van der Waals surface area (Å²) in [5.74, 6) is -0.132. The third-order valence-electron chi connectivity index (χ3n) is 4.49. The first-order valence-electron chi connectivity index (χ1n) is 8.69. The Morgan fingerprint density at radius 3 is 2.19 bits per heavy atom. The highest BCUT2D eigenvalue weighted by Gasteiger charge is 2.28. The van der Waals surface area contributed by atoms with Gasteiger partial charge in [0.25, 0.3) is 0 Å². The van der Waals surface area contributed by atoms with Crippen LogP contribution in [0.2, 0.25) is 5.02 Å². The molecule has 1 N–H and O–H groups in total. The summed E-state index contributed by atoms with van der Waals surface area (Å²) < 4.78 is 26.9. The predicted molar refractivity (Wildman–Crippen MR) is 106 cm³/mol. The molecule has 0 radical (unpaired) electrons. The van der Waals surface area contributed by atoms with E-state index in [0.717, 1.165) is 5.56 Å². The molecule has 0 aliphatic carbocycles. The fraction of sp³-hybridized carbons (Fsp3) is 0.316. The molecule has 6 nitrogen and oxygen atoms in total. The molecule has 2 aromatic rings. The fourth-order valence-electron chi connectivity index (χ4n) is 2.92. The van der Waals surface area contributed by atoms with Gasteiger partial charge in [-0.1, -0.05) is 29.3 Å². The van der Waals surface area contributed by atoms with Gasteiger partial charge in [0.05, 0.1) is 11.4 Å². The van der Waals surface area contributed by atoms with Crippen LogP contribution in [0.1, 0.15) is 5.56 Å². The van der Waals surface area contributed by atoms with Gasteiger partial charge in [0.2, 0.25) is 15.9 Å². The third-order valence-corrected chi connectivity index (χ3v) is 6.65. The highest BCUT2D eigenvalue weighted by molar-refractivity contribution is 7.89. The van der Waals surface area contributed by atoms with Crippen LogP contribution in [-0.2, 0) is 14.8 Å². The number of halogens is 1. The zero-order valence-electron chi connectivity index (χ0n) is 15.1. The Hall–Kier alpha value is -1.93. The number of piperazine rings is 1. The monoisotopic (exact) mass is 407 g/mol. The van der Waals surface area contributed by atoms with Crippen molar-refractivity contribution in [2.24, 2.45) is 0 Å². The van der Waals surface area contributed by atoms with Gasteiger partial charge in [-0.15, -0.1) is 0 Å². The van der Waals surface area contributed by atoms with E-state index in [1.165, 1.54) is 4.31 Å². The smallest absolute Gasteiger partial charge is 0.243 e. The van der Waals surface area contributed by atoms with E-state index in [-0.39, 0.29) is 12.5 Å². The Bertz CT molecular complexity index is 891. The molecule has 1 fully saturated rings. The number of nitrogens with zero attached hydrogens (tertiary/aromatic N) is 2. The molecule has 0 saturated carbocycles. The van der Waals surface area contributed by atoms with Crippen LogP contribution in [0.15, 0.2) is 53.4 Å². The van der Waals surface area contributed by atoms with Crippen LogP contribution in [0.25, 0.3) is 0 Å². The number of carbonyl (C=O) groups excluding carboxylic acids is 1. The summed E-state index contributed by atoms with van der Waals surface area (Å²) in [5, 5.41) is 3.43. The summed E-state index contributed by atoms with van der Waals surface area (Å²) in [5.41, 5.74) is 1.70. The number of hydrogen-bond acceptors (Lipinski definition) is 4. The topological polar surface area (TPSA) is 69.7 Å². The summed E-state index contributed by atoms with van der Waals surface area (Å²) >= 11 is 5.83. The molecule has 1 aliphatic rings. The minimum atomic E-state index is -3.49. The standard InChI is InChI=1S/C19H22ClN3O3S/c1-15-2-8-18(9-3-15)27(25,26)23-12-10-22(11-13-23)14-19(24)21-17-6-4-16(20)5-7-17/h2-9H,10-14H2,1H3,(H,21,24). The average Bonchev–Trinajstić information content (AvgIpc) is 2.64. The molecule has 2 aromatic carbocycles. The van der Waals surface area contributed by atoms with E-state index in [1.54, 1.807) is 48.5 Å². The fourth-order valence-corrected chi connectivity index (χ4v) is 4.47. The van der Waals surface area contributed by atoms with Crippen LogP contribution in [0.4, 0.5) is 5.69 Å². The van der Waals surface area contributed by atoms with Crippen LogP contribution >= 0.6 is 11.6 Å². The number of carbonyl (C=O) groups is 1. The van der Waals surface area contributed by atoms with Gasteiger partial charge in [-0.2, -0.15) is 4.31 Å². The van der Waals surface area contributed by atoms with Gasteiger partial charge in [-0.3, -0.25) is 9.69 Å². The van der Waals surface area contributed by atoms with Crippen LogP contribution in [0.5, 0.6) is 0 Å². The van der Waals surface area contributed by atoms with Gasteiger partial charge < -0.3 is 5.32 Å². The van der Waals surface area contributed by atoms with Crippen LogP contribution in [0, 0.1) is 6.92 Å². The van der Waals surface area contributed by atoms with Gasteiger partial charge in [-0.25, -0.2) is 8.42 Å². The molecule has 0 aromatic heterocycles. The van der Waals surface area contributed by atoms with Crippen LogP contribution < -0.4 is 5.32 Å². The molecule has 0 atom stereocenters. The maximum Gasteiger partial charge on any atom is 0.243 e. The summed E-state index contributed by atoms with van der Waals surface area (Å²) in [4.78, 5) is 14.4. The SMILES string of the molecule is Cc1ccc(S(=O)(=O)N2CCN(CC(=O)Nc3ccc(Cl)cc3)CC2)cc1. The second-order valence-corrected chi connectivity index (χ2v) is 8.92. The first kappa shape index (κ1) is 19.8. The molecule has 27 heavy (non-hydrogen) atoms. The highest BCUT2D eigenvalue weighted by atomic mass is 35.5. The van der Waals surface area contributed by atoms with Gasteiger partial charge >= 0.3 is 0 Å². The number of rotatable bonds is 5. The van der Waals surface area contributed by atoms with Gasteiger partial charge in [-0.05, 0) is 43.3 Å². The highest BCUT2D eigenvalue weighted by Crippen LogP contribution is 2.18. The van der Waals surface area contributed by atoms with Crippen molar-refractivity contribution in [3.05, 3.63) is 59.1 Å². The second-order valence-electron chi connectivity index (χ2n) is 6.55. The van der Waals surface area contributed by atoms with Crippen LogP contribution in [-0.4, -0.2) is 56.3 Å². The number of amides is 1. The van der Waals surface area contributed by atoms with Gasteiger partial charge in [0.1, 0.15) is 0 Å². The van der Waals surface area contributed by atoms with Crippen molar-refractivity contribution in [2.45, 2.75) is 11.8 Å². The number of aryl methyl sites for hydroxylation is 1. The molecule has 144 valence electrons. The lowest BCUT2D eigenvalue weighted by Gasteiger charge is -2.33. The predicted octanol–water partition coefficient (Wildman–Crippen LogP) is 2.59. The van der Waals surface area contributed by atoms with E-state index in [2.05, 4.69) is 5.32 Å². The molecule has 1 saturated heterocycles. The number of anilines is 1. The molecule has 1 amide bonds. The zero-order valence-corrected chi connectivity index (χ0v) is 16.6. The summed E-state index contributed by atoms with van der Waals surface area (Å²) in [6, 6.07) is 13.8. The number of sulfonamides is 1. The average molecular weight is 408 g/mol. The lowest BCUT2D eigenvalue weighted by atomic mass is 10.2. The van der Waals surface area contributed by atoms with E-state index in [1.807, 2.05) is 11.8 Å². The van der Waals surface area contributed by atoms with E-state index >= 15 is 0 Å². The first-order chi connectivity index (χ1) is 12.8. The molecule has 0 bridgehead atoms. The number of hydrogen-bond donors (Lipinski definition) is 1. The van der Waals surface area contributed by atoms with Crippen molar-refractivity contribution >= 4 is 33.2 Å². The van der Waals surface area contributed by atoms with E-state index in [4.69, 9.17) is 11.6 Å². The minimum Gasteiger partial charge on any atom is -0.325 e. The molecule has 8 heteroatoms. The molecule has 1 aliphatic heterocycles. The number of benzene rings is 2. The Kier molecular flexibility index (Phi) is 6.16. The molecule has 1 heterocycles. The van der Waals surface area contributed by atoms with Gasteiger partial charge in [0.15, 0.2) is 0 Å². The molecule has 0 unspecified atom stereocenters. The summed E-state index contributed by atoms with van der Waals surface area (Å²) in [7, 11) is -3.49. The quantitative estimate of drug-likeness (QED) is 0.827. The van der Waals surface area contributed by atoms with E-state index in [0.29, 0.717) is 41.8 Å². The first-order valence-corrected chi connectivity index (χ1v) is 10.5. The lowest BCUT2D eigenvalue weighted by Crippen LogP contribution is -2.50. The van der Waals surface area contributed by atoms with Crippen molar-refractivity contribution in [3.8, 4) is 0 Å². The van der Waals surface area contributed by atoms with Crippen molar-refractivity contribution < 1.29 is 13.2 Å². The largest absolute Gasteiger partial charge is 0.325 e. The van der Waals surface area contributed by atoms with Crippen molar-refractivity contribution in [3.63, 3.8) is 0 Å². The summed E-state index contributed by atoms with van der Waals surface area (Å²) in [6.45, 7) is 3.90. The van der Waals surface area contributed by atoms with Crippen molar-refractivity contribution in [2.75, 3.05) is 38.0 Å². The Labute approximate surface area is 164 Å². The summed E-state index contributed by atoms with van der Waals surface area (Å²) in [6.07, 6.45) is 0. The molecular formula is C19H22ClN3O3S. The minimum absolute atomic E-state index is 0.132. The zero-order chi connectivity index (χ0) is 19.4. The van der Waals surface area contributed by atoms with E-state index in [9.17, 15) is 13.2 Å². The van der Waals surface area contributed by atoms with Crippen LogP contribution in [0.3, 0.4) is 0 Å². The maximum atomic E-state index is 12.7. The third kappa shape index (κ3) is 5.07. The van der Waals surface area contributed by atoms with Crippen molar-refractivity contribution in [1.82, 2.24) is 9.21 Å². The Morgan fingerprint density at radius 1 is 1.00 bits per heavy atom. The molecule has 0 spiro atoms. The maximum absolute atomic E-state index is 12.7. The van der Waals surface area contributed by atoms with Crippen molar-refractivity contribution in [1.29, 1.82) is 0 Å². The second kappa shape index (κ2) is 8.39. The lowest BCUT2D eigenvalue weighted by molar-refractivity contribution is -0.117. The Balaban J connectivity index is 1.53.